The standard InChI is InChI=1S/C22H23N3O3S/c1-2-28-22(27)15-8-3-4-9-16(15)23-20(26)14-25-13-7-11-18(25)21-24-17-10-5-6-12-19(17)29-21/h3-6,8-10,12,18H,2,7,11,13-14H2,1H3,(H,23,26)/t18-/m0/s1. The number of amides is 1. The van der Waals surface area contributed by atoms with Gasteiger partial charge in [-0.3, -0.25) is 9.69 Å². The van der Waals surface area contributed by atoms with Crippen molar-refractivity contribution in [3.63, 3.8) is 0 Å². The van der Waals surface area contributed by atoms with Gasteiger partial charge >= 0.3 is 5.97 Å². The number of para-hydroxylation sites is 2. The first-order chi connectivity index (χ1) is 14.2. The Kier molecular flexibility index (Phi) is 5.87. The lowest BCUT2D eigenvalue weighted by atomic mass is 10.1. The normalized spacial score (nSPS) is 16.8. The number of benzene rings is 2. The summed E-state index contributed by atoms with van der Waals surface area (Å²) in [6.45, 7) is 3.17. The molecular formula is C22H23N3O3S. The molecule has 29 heavy (non-hydrogen) atoms. The second-order valence-corrected chi connectivity index (χ2v) is 8.02. The van der Waals surface area contributed by atoms with Crippen molar-refractivity contribution >= 4 is 39.1 Å². The Bertz CT molecular complexity index is 1000. The second-order valence-electron chi connectivity index (χ2n) is 6.96. The van der Waals surface area contributed by atoms with E-state index in [9.17, 15) is 9.59 Å². The van der Waals surface area contributed by atoms with Crippen LogP contribution in [0.5, 0.6) is 0 Å². The highest BCUT2D eigenvalue weighted by molar-refractivity contribution is 7.18. The Labute approximate surface area is 173 Å². The summed E-state index contributed by atoms with van der Waals surface area (Å²) in [6.07, 6.45) is 2.03. The fourth-order valence-electron chi connectivity index (χ4n) is 3.68. The summed E-state index contributed by atoms with van der Waals surface area (Å²) in [7, 11) is 0. The van der Waals surface area contributed by atoms with Crippen LogP contribution in [-0.2, 0) is 9.53 Å². The average Bonchev–Trinajstić information content (AvgIpc) is 3.34. The van der Waals surface area contributed by atoms with Gasteiger partial charge in [0.05, 0.1) is 40.7 Å². The molecule has 0 spiro atoms. The van der Waals surface area contributed by atoms with Crippen LogP contribution in [0.15, 0.2) is 48.5 Å². The first-order valence-electron chi connectivity index (χ1n) is 9.81. The van der Waals surface area contributed by atoms with Crippen LogP contribution >= 0.6 is 11.3 Å². The molecule has 1 aromatic heterocycles. The van der Waals surface area contributed by atoms with E-state index in [1.807, 2.05) is 18.2 Å². The summed E-state index contributed by atoms with van der Waals surface area (Å²) >= 11 is 1.70. The molecule has 2 aromatic carbocycles. The maximum Gasteiger partial charge on any atom is 0.340 e. The number of carbonyl (C=O) groups excluding carboxylic acids is 2. The van der Waals surface area contributed by atoms with Crippen molar-refractivity contribution in [3.8, 4) is 0 Å². The zero-order valence-electron chi connectivity index (χ0n) is 16.3. The number of anilines is 1. The maximum absolute atomic E-state index is 12.7. The van der Waals surface area contributed by atoms with E-state index in [4.69, 9.17) is 9.72 Å². The predicted molar refractivity (Wildman–Crippen MR) is 114 cm³/mol. The molecule has 1 atom stereocenters. The van der Waals surface area contributed by atoms with Crippen LogP contribution < -0.4 is 5.32 Å². The van der Waals surface area contributed by atoms with Gasteiger partial charge in [-0.2, -0.15) is 0 Å². The molecule has 0 bridgehead atoms. The second kappa shape index (κ2) is 8.71. The number of fused-ring (bicyclic) bond motifs is 1. The van der Waals surface area contributed by atoms with Crippen molar-refractivity contribution in [1.29, 1.82) is 0 Å². The van der Waals surface area contributed by atoms with Crippen LogP contribution in [0.4, 0.5) is 5.69 Å². The predicted octanol–water partition coefficient (Wildman–Crippen LogP) is 4.25. The highest BCUT2D eigenvalue weighted by Gasteiger charge is 2.30. The Hall–Kier alpha value is -2.77. The molecule has 0 unspecified atom stereocenters. The average molecular weight is 410 g/mol. The lowest BCUT2D eigenvalue weighted by molar-refractivity contribution is -0.117. The van der Waals surface area contributed by atoms with Crippen LogP contribution in [0.1, 0.15) is 41.2 Å². The lowest BCUT2D eigenvalue weighted by Crippen LogP contribution is -2.33. The lowest BCUT2D eigenvalue weighted by Gasteiger charge is -2.22. The third-order valence-electron chi connectivity index (χ3n) is 5.00. The molecule has 3 aromatic rings. The Morgan fingerprint density at radius 3 is 2.83 bits per heavy atom. The van der Waals surface area contributed by atoms with Crippen LogP contribution in [0.3, 0.4) is 0 Å². The highest BCUT2D eigenvalue weighted by atomic mass is 32.1. The molecule has 1 fully saturated rings. The number of carbonyl (C=O) groups is 2. The van der Waals surface area contributed by atoms with E-state index in [-0.39, 0.29) is 18.5 Å². The summed E-state index contributed by atoms with van der Waals surface area (Å²) in [4.78, 5) is 31.8. The SMILES string of the molecule is CCOC(=O)c1ccccc1NC(=O)CN1CCC[C@H]1c1nc2ccccc2s1. The third kappa shape index (κ3) is 4.31. The minimum Gasteiger partial charge on any atom is -0.462 e. The Morgan fingerprint density at radius 2 is 2.00 bits per heavy atom. The summed E-state index contributed by atoms with van der Waals surface area (Å²) in [5.74, 6) is -0.577. The van der Waals surface area contributed by atoms with Gasteiger partial charge < -0.3 is 10.1 Å². The number of hydrogen-bond donors (Lipinski definition) is 1. The molecule has 0 radical (unpaired) electrons. The van der Waals surface area contributed by atoms with Crippen molar-refractivity contribution < 1.29 is 14.3 Å². The quantitative estimate of drug-likeness (QED) is 0.616. The summed E-state index contributed by atoms with van der Waals surface area (Å²) in [6, 6.07) is 15.2. The molecule has 6 nitrogen and oxygen atoms in total. The fraction of sp³-hybridized carbons (Fsp3) is 0.318. The van der Waals surface area contributed by atoms with E-state index in [0.29, 0.717) is 17.9 Å². The number of nitrogens with one attached hydrogen (secondary N) is 1. The molecule has 0 aliphatic carbocycles. The number of esters is 1. The van der Waals surface area contributed by atoms with Crippen molar-refractivity contribution in [2.45, 2.75) is 25.8 Å². The number of thiazole rings is 1. The summed E-state index contributed by atoms with van der Waals surface area (Å²) < 4.78 is 6.25. The van der Waals surface area contributed by atoms with Crippen LogP contribution in [0.2, 0.25) is 0 Å². The van der Waals surface area contributed by atoms with E-state index in [1.54, 1.807) is 42.5 Å². The van der Waals surface area contributed by atoms with Gasteiger partial charge in [0.15, 0.2) is 0 Å². The molecule has 0 saturated carbocycles. The summed E-state index contributed by atoms with van der Waals surface area (Å²) in [5.41, 5.74) is 1.85. The van der Waals surface area contributed by atoms with E-state index in [2.05, 4.69) is 16.3 Å². The third-order valence-corrected chi connectivity index (χ3v) is 6.14. The minimum absolute atomic E-state index is 0.144. The molecule has 2 heterocycles. The van der Waals surface area contributed by atoms with Gasteiger partial charge in [0.2, 0.25) is 5.91 Å². The molecular weight excluding hydrogens is 386 g/mol. The minimum atomic E-state index is -0.433. The fourth-order valence-corrected chi connectivity index (χ4v) is 4.82. The van der Waals surface area contributed by atoms with Crippen molar-refractivity contribution in [1.82, 2.24) is 9.88 Å². The number of likely N-dealkylation sites (tertiary alicyclic amines) is 1. The van der Waals surface area contributed by atoms with E-state index >= 15 is 0 Å². The van der Waals surface area contributed by atoms with Gasteiger partial charge in [-0.05, 0) is 50.6 Å². The Morgan fingerprint density at radius 1 is 1.21 bits per heavy atom. The van der Waals surface area contributed by atoms with Gasteiger partial charge in [0, 0.05) is 0 Å². The van der Waals surface area contributed by atoms with Gasteiger partial charge in [-0.15, -0.1) is 11.3 Å². The largest absolute Gasteiger partial charge is 0.462 e. The molecule has 1 N–H and O–H groups in total. The number of aromatic nitrogens is 1. The topological polar surface area (TPSA) is 71.5 Å². The van der Waals surface area contributed by atoms with Crippen LogP contribution in [-0.4, -0.2) is 41.5 Å². The van der Waals surface area contributed by atoms with E-state index < -0.39 is 5.97 Å². The van der Waals surface area contributed by atoms with Gasteiger partial charge in [-0.1, -0.05) is 24.3 Å². The zero-order chi connectivity index (χ0) is 20.2. The molecule has 1 aliphatic rings. The first-order valence-corrected chi connectivity index (χ1v) is 10.6. The van der Waals surface area contributed by atoms with E-state index in [1.165, 1.54) is 4.70 Å². The smallest absolute Gasteiger partial charge is 0.340 e. The molecule has 150 valence electrons. The van der Waals surface area contributed by atoms with Gasteiger partial charge in [0.1, 0.15) is 5.01 Å². The molecule has 1 amide bonds. The number of ether oxygens (including phenoxy) is 1. The van der Waals surface area contributed by atoms with Crippen LogP contribution in [0.25, 0.3) is 10.2 Å². The van der Waals surface area contributed by atoms with Crippen molar-refractivity contribution in [2.75, 3.05) is 25.0 Å². The molecule has 1 saturated heterocycles. The first kappa shape index (κ1) is 19.5. The Balaban J connectivity index is 1.46. The number of rotatable bonds is 6. The van der Waals surface area contributed by atoms with Crippen LogP contribution in [0, 0.1) is 0 Å². The van der Waals surface area contributed by atoms with Crippen molar-refractivity contribution in [3.05, 3.63) is 59.1 Å². The molecule has 7 heteroatoms. The number of nitrogens with zero attached hydrogens (tertiary/aromatic N) is 2. The maximum atomic E-state index is 12.7. The zero-order valence-corrected chi connectivity index (χ0v) is 17.1. The van der Waals surface area contributed by atoms with Crippen molar-refractivity contribution in [2.24, 2.45) is 0 Å². The highest BCUT2D eigenvalue weighted by Crippen LogP contribution is 2.36. The monoisotopic (exact) mass is 409 g/mol. The molecule has 4 rings (SSSR count). The molecule has 1 aliphatic heterocycles. The summed E-state index contributed by atoms with van der Waals surface area (Å²) in [5, 5.41) is 3.94. The van der Waals surface area contributed by atoms with Gasteiger partial charge in [0.25, 0.3) is 0 Å². The van der Waals surface area contributed by atoms with Gasteiger partial charge in [-0.25, -0.2) is 9.78 Å². The van der Waals surface area contributed by atoms with E-state index in [0.717, 1.165) is 29.9 Å². The number of hydrogen-bond acceptors (Lipinski definition) is 6.